The van der Waals surface area contributed by atoms with Crippen LogP contribution in [0.25, 0.3) is 0 Å². The minimum atomic E-state index is 0.0261. The number of ketones is 1. The van der Waals surface area contributed by atoms with Crippen LogP contribution in [0.2, 0.25) is 0 Å². The molecule has 26 heavy (non-hydrogen) atoms. The Morgan fingerprint density at radius 3 is 1.23 bits per heavy atom. The molecule has 152 valence electrons. The SMILES string of the molecule is C=CC(CCCCCCCCC)C(=O)C(C=C)CCCCCCCCC. The zero-order valence-electron chi connectivity index (χ0n) is 17.9. The molecule has 0 aromatic rings. The van der Waals surface area contributed by atoms with Gasteiger partial charge in [-0.3, -0.25) is 4.79 Å². The predicted molar refractivity (Wildman–Crippen MR) is 118 cm³/mol. The lowest BCUT2D eigenvalue weighted by Gasteiger charge is -2.17. The molecule has 1 nitrogen and oxygen atoms in total. The first kappa shape index (κ1) is 25.1. The lowest BCUT2D eigenvalue weighted by atomic mass is 9.86. The summed E-state index contributed by atoms with van der Waals surface area (Å²) in [4.78, 5) is 12.8. The largest absolute Gasteiger partial charge is 0.298 e. The number of unbranched alkanes of at least 4 members (excludes halogenated alkanes) is 12. The molecule has 0 spiro atoms. The van der Waals surface area contributed by atoms with E-state index in [1.54, 1.807) is 0 Å². The number of Topliss-reactive ketones (excluding diaryl/α,β-unsaturated/α-hetero) is 1. The van der Waals surface area contributed by atoms with Crippen LogP contribution in [-0.4, -0.2) is 5.78 Å². The van der Waals surface area contributed by atoms with E-state index in [1.807, 2.05) is 12.2 Å². The van der Waals surface area contributed by atoms with Crippen molar-refractivity contribution in [2.75, 3.05) is 0 Å². The second-order valence-corrected chi connectivity index (χ2v) is 7.91. The first-order valence-corrected chi connectivity index (χ1v) is 11.5. The highest BCUT2D eigenvalue weighted by molar-refractivity contribution is 5.86. The van der Waals surface area contributed by atoms with Gasteiger partial charge in [0.2, 0.25) is 0 Å². The topological polar surface area (TPSA) is 17.1 Å². The Kier molecular flexibility index (Phi) is 18.3. The summed E-state index contributed by atoms with van der Waals surface area (Å²) < 4.78 is 0. The summed E-state index contributed by atoms with van der Waals surface area (Å²) in [6.45, 7) is 12.3. The first-order valence-electron chi connectivity index (χ1n) is 11.5. The van der Waals surface area contributed by atoms with Gasteiger partial charge in [-0.2, -0.15) is 0 Å². The highest BCUT2D eigenvalue weighted by Crippen LogP contribution is 2.22. The first-order chi connectivity index (χ1) is 12.7. The van der Waals surface area contributed by atoms with Crippen molar-refractivity contribution in [3.05, 3.63) is 25.3 Å². The van der Waals surface area contributed by atoms with Crippen LogP contribution in [0.5, 0.6) is 0 Å². The molecule has 0 saturated heterocycles. The monoisotopic (exact) mass is 362 g/mol. The summed E-state index contributed by atoms with van der Waals surface area (Å²) in [6, 6.07) is 0. The normalized spacial score (nSPS) is 13.3. The molecule has 1 heteroatoms. The number of carbonyl (C=O) groups excluding carboxylic acids is 1. The lowest BCUT2D eigenvalue weighted by Crippen LogP contribution is -2.21. The predicted octanol–water partition coefficient (Wildman–Crippen LogP) is 8.44. The number of hydrogen-bond donors (Lipinski definition) is 0. The molecule has 0 heterocycles. The van der Waals surface area contributed by atoms with E-state index in [9.17, 15) is 4.79 Å². The molecule has 2 atom stereocenters. The zero-order chi connectivity index (χ0) is 19.5. The molecule has 0 aromatic carbocycles. The molecule has 0 amide bonds. The van der Waals surface area contributed by atoms with Crippen molar-refractivity contribution in [2.24, 2.45) is 11.8 Å². The Balaban J connectivity index is 3.96. The van der Waals surface area contributed by atoms with Crippen LogP contribution in [0.4, 0.5) is 0 Å². The van der Waals surface area contributed by atoms with Gasteiger partial charge in [0, 0.05) is 11.8 Å². The van der Waals surface area contributed by atoms with Gasteiger partial charge >= 0.3 is 0 Å². The smallest absolute Gasteiger partial charge is 0.146 e. The second kappa shape index (κ2) is 18.9. The summed E-state index contributed by atoms with van der Waals surface area (Å²) in [5, 5.41) is 0. The van der Waals surface area contributed by atoms with Gasteiger partial charge in [-0.25, -0.2) is 0 Å². The Morgan fingerprint density at radius 1 is 0.615 bits per heavy atom. The van der Waals surface area contributed by atoms with Crippen molar-refractivity contribution < 1.29 is 4.79 Å². The van der Waals surface area contributed by atoms with Gasteiger partial charge in [0.05, 0.1) is 0 Å². The van der Waals surface area contributed by atoms with Crippen LogP contribution in [0.3, 0.4) is 0 Å². The Bertz CT molecular complexity index is 312. The molecular weight excluding hydrogens is 316 g/mol. The maximum Gasteiger partial charge on any atom is 0.146 e. The van der Waals surface area contributed by atoms with Crippen molar-refractivity contribution in [2.45, 2.75) is 117 Å². The van der Waals surface area contributed by atoms with Crippen molar-refractivity contribution in [1.82, 2.24) is 0 Å². The molecular formula is C25H46O. The Labute approximate surface area is 164 Å². The van der Waals surface area contributed by atoms with Crippen LogP contribution in [-0.2, 0) is 4.79 Å². The van der Waals surface area contributed by atoms with Crippen LogP contribution in [0, 0.1) is 11.8 Å². The average molecular weight is 363 g/mol. The molecule has 0 aliphatic carbocycles. The van der Waals surface area contributed by atoms with Crippen LogP contribution < -0.4 is 0 Å². The number of allylic oxidation sites excluding steroid dienone is 2. The van der Waals surface area contributed by atoms with Gasteiger partial charge in [0.15, 0.2) is 0 Å². The fourth-order valence-electron chi connectivity index (χ4n) is 3.67. The summed E-state index contributed by atoms with van der Waals surface area (Å²) in [7, 11) is 0. The molecule has 0 aliphatic rings. The molecule has 0 bridgehead atoms. The molecule has 0 N–H and O–H groups in total. The molecule has 0 radical (unpaired) electrons. The van der Waals surface area contributed by atoms with Gasteiger partial charge < -0.3 is 0 Å². The number of rotatable bonds is 20. The quantitative estimate of drug-likeness (QED) is 0.157. The highest BCUT2D eigenvalue weighted by atomic mass is 16.1. The summed E-state index contributed by atoms with van der Waals surface area (Å²) in [5.41, 5.74) is 0. The van der Waals surface area contributed by atoms with E-state index in [4.69, 9.17) is 0 Å². The molecule has 0 aliphatic heterocycles. The summed E-state index contributed by atoms with van der Waals surface area (Å²) >= 11 is 0. The minimum Gasteiger partial charge on any atom is -0.298 e. The maximum absolute atomic E-state index is 12.8. The summed E-state index contributed by atoms with van der Waals surface area (Å²) in [6.07, 6.45) is 23.8. The van der Waals surface area contributed by atoms with E-state index in [2.05, 4.69) is 27.0 Å². The average Bonchev–Trinajstić information content (AvgIpc) is 2.66. The van der Waals surface area contributed by atoms with E-state index in [0.29, 0.717) is 5.78 Å². The van der Waals surface area contributed by atoms with Gasteiger partial charge in [-0.1, -0.05) is 116 Å². The number of carbonyl (C=O) groups is 1. The van der Waals surface area contributed by atoms with Crippen LogP contribution >= 0.6 is 0 Å². The van der Waals surface area contributed by atoms with E-state index in [0.717, 1.165) is 25.7 Å². The van der Waals surface area contributed by atoms with Gasteiger partial charge in [0.1, 0.15) is 5.78 Å². The molecule has 0 fully saturated rings. The van der Waals surface area contributed by atoms with E-state index >= 15 is 0 Å². The lowest BCUT2D eigenvalue weighted by molar-refractivity contribution is -0.124. The zero-order valence-corrected chi connectivity index (χ0v) is 17.9. The highest BCUT2D eigenvalue weighted by Gasteiger charge is 2.21. The van der Waals surface area contributed by atoms with Gasteiger partial charge in [-0.15, -0.1) is 13.2 Å². The van der Waals surface area contributed by atoms with Crippen molar-refractivity contribution in [3.8, 4) is 0 Å². The fourth-order valence-corrected chi connectivity index (χ4v) is 3.67. The molecule has 0 aromatic heterocycles. The van der Waals surface area contributed by atoms with Gasteiger partial charge in [-0.05, 0) is 12.8 Å². The number of hydrogen-bond acceptors (Lipinski definition) is 1. The third kappa shape index (κ3) is 13.4. The van der Waals surface area contributed by atoms with Crippen molar-refractivity contribution in [1.29, 1.82) is 0 Å². The van der Waals surface area contributed by atoms with Crippen LogP contribution in [0.1, 0.15) is 117 Å². The standard InChI is InChI=1S/C25H46O/c1-5-9-11-13-15-17-19-21-23(7-3)25(26)24(8-4)22-20-18-16-14-12-10-6-2/h7-8,23-24H,3-6,9-22H2,1-2H3. The maximum atomic E-state index is 12.8. The molecule has 2 unspecified atom stereocenters. The molecule has 0 saturated carbocycles. The minimum absolute atomic E-state index is 0.0261. The van der Waals surface area contributed by atoms with Crippen molar-refractivity contribution >= 4 is 5.78 Å². The second-order valence-electron chi connectivity index (χ2n) is 7.91. The third-order valence-corrected chi connectivity index (χ3v) is 5.54. The third-order valence-electron chi connectivity index (χ3n) is 5.54. The summed E-state index contributed by atoms with van der Waals surface area (Å²) in [5.74, 6) is 0.406. The van der Waals surface area contributed by atoms with Crippen LogP contribution in [0.15, 0.2) is 25.3 Å². The fraction of sp³-hybridized carbons (Fsp3) is 0.800. The van der Waals surface area contributed by atoms with E-state index in [1.165, 1.54) is 77.0 Å². The van der Waals surface area contributed by atoms with E-state index in [-0.39, 0.29) is 11.8 Å². The molecule has 0 rings (SSSR count). The Hall–Kier alpha value is -0.850. The van der Waals surface area contributed by atoms with Crippen molar-refractivity contribution in [3.63, 3.8) is 0 Å². The van der Waals surface area contributed by atoms with Gasteiger partial charge in [0.25, 0.3) is 0 Å². The van der Waals surface area contributed by atoms with E-state index < -0.39 is 0 Å². The Morgan fingerprint density at radius 2 is 0.923 bits per heavy atom.